The Labute approximate surface area is 169 Å². The van der Waals surface area contributed by atoms with E-state index in [-0.39, 0.29) is 11.6 Å². The number of hydrogen-bond donors (Lipinski definition) is 1. The van der Waals surface area contributed by atoms with Gasteiger partial charge in [-0.25, -0.2) is 4.79 Å². The van der Waals surface area contributed by atoms with E-state index < -0.39 is 0 Å². The standard InChI is InChI=1S/C24H23N3O2/c1-2-16-26-21-10-6-7-11-22(21)27(24(26)29)17-18-12-14-19(15-13-18)23(28)25-20-8-4-3-5-9-20/h3-15H,2,16-17H2,1H3,(H,25,28). The Kier molecular flexibility index (Phi) is 5.29. The molecule has 0 unspecified atom stereocenters. The lowest BCUT2D eigenvalue weighted by Gasteiger charge is -2.07. The van der Waals surface area contributed by atoms with E-state index in [1.165, 1.54) is 0 Å². The quantitative estimate of drug-likeness (QED) is 0.531. The molecule has 1 heterocycles. The van der Waals surface area contributed by atoms with Crippen LogP contribution in [0.15, 0.2) is 83.7 Å². The van der Waals surface area contributed by atoms with Crippen LogP contribution in [0.1, 0.15) is 29.3 Å². The summed E-state index contributed by atoms with van der Waals surface area (Å²) in [6.45, 7) is 3.24. The minimum atomic E-state index is -0.153. The number of imidazole rings is 1. The van der Waals surface area contributed by atoms with E-state index in [1.807, 2.05) is 71.3 Å². The number of fused-ring (bicyclic) bond motifs is 1. The molecule has 1 aromatic heterocycles. The number of carbonyl (C=O) groups is 1. The number of hydrogen-bond acceptors (Lipinski definition) is 2. The van der Waals surface area contributed by atoms with E-state index in [9.17, 15) is 9.59 Å². The summed E-state index contributed by atoms with van der Waals surface area (Å²) in [5.41, 5.74) is 4.20. The van der Waals surface area contributed by atoms with Crippen LogP contribution in [0, 0.1) is 0 Å². The van der Waals surface area contributed by atoms with Crippen molar-refractivity contribution in [1.82, 2.24) is 9.13 Å². The molecule has 0 spiro atoms. The van der Waals surface area contributed by atoms with Gasteiger partial charge < -0.3 is 5.32 Å². The van der Waals surface area contributed by atoms with Crippen molar-refractivity contribution in [3.63, 3.8) is 0 Å². The second kappa shape index (κ2) is 8.19. The van der Waals surface area contributed by atoms with Crippen LogP contribution < -0.4 is 11.0 Å². The zero-order valence-corrected chi connectivity index (χ0v) is 16.3. The van der Waals surface area contributed by atoms with Crippen molar-refractivity contribution in [1.29, 1.82) is 0 Å². The van der Waals surface area contributed by atoms with Crippen molar-refractivity contribution < 1.29 is 4.79 Å². The van der Waals surface area contributed by atoms with Crippen molar-refractivity contribution in [2.75, 3.05) is 5.32 Å². The summed E-state index contributed by atoms with van der Waals surface area (Å²) in [6.07, 6.45) is 0.902. The maximum Gasteiger partial charge on any atom is 0.329 e. The molecule has 0 radical (unpaired) electrons. The topological polar surface area (TPSA) is 56.0 Å². The maximum atomic E-state index is 12.9. The highest BCUT2D eigenvalue weighted by Crippen LogP contribution is 2.16. The van der Waals surface area contributed by atoms with Crippen molar-refractivity contribution in [2.45, 2.75) is 26.4 Å². The zero-order chi connectivity index (χ0) is 20.2. The summed E-state index contributed by atoms with van der Waals surface area (Å²) in [4.78, 5) is 25.3. The summed E-state index contributed by atoms with van der Waals surface area (Å²) in [5.74, 6) is -0.153. The average molecular weight is 385 g/mol. The molecule has 0 saturated heterocycles. The van der Waals surface area contributed by atoms with Crippen LogP contribution in [0.2, 0.25) is 0 Å². The summed E-state index contributed by atoms with van der Waals surface area (Å²) < 4.78 is 3.63. The predicted molar refractivity (Wildman–Crippen MR) is 116 cm³/mol. The second-order valence-electron chi connectivity index (χ2n) is 7.03. The van der Waals surface area contributed by atoms with E-state index in [2.05, 4.69) is 12.2 Å². The smallest absolute Gasteiger partial charge is 0.322 e. The zero-order valence-electron chi connectivity index (χ0n) is 16.3. The Bertz CT molecular complexity index is 1190. The molecule has 0 fully saturated rings. The molecule has 5 nitrogen and oxygen atoms in total. The maximum absolute atomic E-state index is 12.9. The molecule has 0 aliphatic rings. The molecule has 0 aliphatic heterocycles. The Hall–Kier alpha value is -3.60. The van der Waals surface area contributed by atoms with Gasteiger partial charge in [0.2, 0.25) is 0 Å². The first-order valence-electron chi connectivity index (χ1n) is 9.81. The molecule has 1 amide bonds. The van der Waals surface area contributed by atoms with Gasteiger partial charge in [-0.05, 0) is 48.4 Å². The normalized spacial score (nSPS) is 10.9. The third-order valence-corrected chi connectivity index (χ3v) is 4.96. The third-order valence-electron chi connectivity index (χ3n) is 4.96. The van der Waals surface area contributed by atoms with Gasteiger partial charge in [-0.1, -0.05) is 49.4 Å². The molecule has 4 aromatic rings. The molecule has 0 saturated carbocycles. The number of aromatic nitrogens is 2. The number of carbonyl (C=O) groups excluding carboxylic acids is 1. The highest BCUT2D eigenvalue weighted by molar-refractivity contribution is 6.04. The Balaban J connectivity index is 1.57. The van der Waals surface area contributed by atoms with Gasteiger partial charge in [0.05, 0.1) is 17.6 Å². The Morgan fingerprint density at radius 2 is 1.45 bits per heavy atom. The van der Waals surface area contributed by atoms with Crippen LogP contribution in [-0.4, -0.2) is 15.0 Å². The number of nitrogens with zero attached hydrogens (tertiary/aromatic N) is 2. The lowest BCUT2D eigenvalue weighted by molar-refractivity contribution is 0.102. The molecule has 4 rings (SSSR count). The fraction of sp³-hybridized carbons (Fsp3) is 0.167. The second-order valence-corrected chi connectivity index (χ2v) is 7.03. The van der Waals surface area contributed by atoms with Gasteiger partial charge in [0.1, 0.15) is 0 Å². The van der Waals surface area contributed by atoms with Crippen molar-refractivity contribution >= 4 is 22.6 Å². The van der Waals surface area contributed by atoms with Crippen LogP contribution in [0.4, 0.5) is 5.69 Å². The number of aryl methyl sites for hydroxylation is 1. The minimum Gasteiger partial charge on any atom is -0.322 e. The summed E-state index contributed by atoms with van der Waals surface area (Å²) in [7, 11) is 0. The number of nitrogens with one attached hydrogen (secondary N) is 1. The molecular weight excluding hydrogens is 362 g/mol. The predicted octanol–water partition coefficient (Wildman–Crippen LogP) is 4.51. The van der Waals surface area contributed by atoms with Gasteiger partial charge in [-0.2, -0.15) is 0 Å². The van der Waals surface area contributed by atoms with Crippen LogP contribution in [-0.2, 0) is 13.1 Å². The molecular formula is C24H23N3O2. The van der Waals surface area contributed by atoms with Gasteiger partial charge in [0, 0.05) is 17.8 Å². The SMILES string of the molecule is CCCn1c(=O)n(Cc2ccc(C(=O)Nc3ccccc3)cc2)c2ccccc21. The van der Waals surface area contributed by atoms with Gasteiger partial charge in [-0.3, -0.25) is 13.9 Å². The lowest BCUT2D eigenvalue weighted by Crippen LogP contribution is -2.24. The van der Waals surface area contributed by atoms with Gasteiger partial charge in [0.15, 0.2) is 0 Å². The van der Waals surface area contributed by atoms with Crippen LogP contribution in [0.25, 0.3) is 11.0 Å². The number of amides is 1. The largest absolute Gasteiger partial charge is 0.329 e. The molecule has 29 heavy (non-hydrogen) atoms. The molecule has 146 valence electrons. The minimum absolute atomic E-state index is 0.000975. The van der Waals surface area contributed by atoms with Crippen molar-refractivity contribution in [3.05, 3.63) is 100 Å². The van der Waals surface area contributed by atoms with Gasteiger partial charge in [0.25, 0.3) is 5.91 Å². The van der Waals surface area contributed by atoms with E-state index >= 15 is 0 Å². The summed E-state index contributed by atoms with van der Waals surface area (Å²) in [6, 6.07) is 24.6. The molecule has 3 aromatic carbocycles. The molecule has 1 N–H and O–H groups in total. The molecule has 0 aliphatic carbocycles. The van der Waals surface area contributed by atoms with Crippen LogP contribution in [0.5, 0.6) is 0 Å². The average Bonchev–Trinajstić information content (AvgIpc) is 3.01. The Morgan fingerprint density at radius 3 is 2.10 bits per heavy atom. The first kappa shape index (κ1) is 18.7. The van der Waals surface area contributed by atoms with E-state index in [4.69, 9.17) is 0 Å². The van der Waals surface area contributed by atoms with E-state index in [0.29, 0.717) is 18.7 Å². The van der Waals surface area contributed by atoms with Gasteiger partial charge in [-0.15, -0.1) is 0 Å². The lowest BCUT2D eigenvalue weighted by atomic mass is 10.1. The molecule has 0 bridgehead atoms. The number of rotatable bonds is 6. The number of anilines is 1. The highest BCUT2D eigenvalue weighted by Gasteiger charge is 2.13. The third kappa shape index (κ3) is 3.85. The first-order chi connectivity index (χ1) is 14.2. The monoisotopic (exact) mass is 385 g/mol. The molecule has 0 atom stereocenters. The van der Waals surface area contributed by atoms with Crippen molar-refractivity contribution in [2.24, 2.45) is 0 Å². The van der Waals surface area contributed by atoms with E-state index in [1.54, 1.807) is 16.7 Å². The van der Waals surface area contributed by atoms with Crippen LogP contribution in [0.3, 0.4) is 0 Å². The molecule has 5 heteroatoms. The summed E-state index contributed by atoms with van der Waals surface area (Å²) >= 11 is 0. The van der Waals surface area contributed by atoms with Gasteiger partial charge >= 0.3 is 5.69 Å². The van der Waals surface area contributed by atoms with E-state index in [0.717, 1.165) is 28.7 Å². The van der Waals surface area contributed by atoms with Crippen molar-refractivity contribution in [3.8, 4) is 0 Å². The first-order valence-corrected chi connectivity index (χ1v) is 9.81. The Morgan fingerprint density at radius 1 is 0.828 bits per heavy atom. The number of para-hydroxylation sites is 3. The fourth-order valence-electron chi connectivity index (χ4n) is 3.53. The van der Waals surface area contributed by atoms with Crippen LogP contribution >= 0.6 is 0 Å². The summed E-state index contributed by atoms with van der Waals surface area (Å²) in [5, 5.41) is 2.88. The number of benzene rings is 3. The fourth-order valence-corrected chi connectivity index (χ4v) is 3.53. The highest BCUT2D eigenvalue weighted by atomic mass is 16.2.